The van der Waals surface area contributed by atoms with Crippen molar-refractivity contribution in [2.75, 3.05) is 52.4 Å². The first-order chi connectivity index (χ1) is 11.8. The Hall–Kier alpha value is -0.940. The van der Waals surface area contributed by atoms with Crippen LogP contribution in [0.5, 0.6) is 0 Å². The maximum Gasteiger partial charge on any atom is 0.0471 e. The van der Waals surface area contributed by atoms with Crippen LogP contribution in [0.2, 0.25) is 0 Å². The van der Waals surface area contributed by atoms with Crippen LogP contribution in [0.3, 0.4) is 0 Å². The van der Waals surface area contributed by atoms with Crippen LogP contribution in [0, 0.1) is 5.92 Å². The van der Waals surface area contributed by atoms with E-state index in [4.69, 9.17) is 5.73 Å². The largest absolute Gasteiger partial charge is 0.329 e. The second-order valence-electron chi connectivity index (χ2n) is 8.11. The van der Waals surface area contributed by atoms with Gasteiger partial charge >= 0.3 is 0 Å². The Labute approximate surface area is 146 Å². The highest BCUT2D eigenvalue weighted by Gasteiger charge is 2.43. The predicted molar refractivity (Wildman–Crippen MR) is 98.9 cm³/mol. The lowest BCUT2D eigenvalue weighted by atomic mass is 9.95. The van der Waals surface area contributed by atoms with Gasteiger partial charge in [0.25, 0.3) is 0 Å². The molecule has 4 nitrogen and oxygen atoms in total. The molecular weight excluding hydrogens is 296 g/mol. The molecule has 24 heavy (non-hydrogen) atoms. The van der Waals surface area contributed by atoms with Crippen LogP contribution < -0.4 is 5.73 Å². The molecule has 0 radical (unpaired) electrons. The second kappa shape index (κ2) is 7.12. The maximum absolute atomic E-state index is 6.30. The molecule has 0 bridgehead atoms. The van der Waals surface area contributed by atoms with Crippen LogP contribution in [-0.2, 0) is 6.54 Å². The zero-order chi connectivity index (χ0) is 16.4. The summed E-state index contributed by atoms with van der Waals surface area (Å²) in [6, 6.07) is 10.8. The molecule has 0 amide bonds. The smallest absolute Gasteiger partial charge is 0.0471 e. The summed E-state index contributed by atoms with van der Waals surface area (Å²) in [4.78, 5) is 7.98. The van der Waals surface area contributed by atoms with Crippen molar-refractivity contribution in [3.05, 3.63) is 35.9 Å². The summed E-state index contributed by atoms with van der Waals surface area (Å²) in [6.07, 6.45) is 4.14. The van der Waals surface area contributed by atoms with Crippen LogP contribution >= 0.6 is 0 Å². The number of rotatable bonds is 6. The van der Waals surface area contributed by atoms with Gasteiger partial charge in [0.05, 0.1) is 0 Å². The lowest BCUT2D eigenvalue weighted by molar-refractivity contribution is 0.0387. The lowest BCUT2D eigenvalue weighted by Crippen LogP contribution is -2.61. The number of hydrogen-bond acceptors (Lipinski definition) is 4. The summed E-state index contributed by atoms with van der Waals surface area (Å²) >= 11 is 0. The van der Waals surface area contributed by atoms with Gasteiger partial charge in [-0.3, -0.25) is 9.80 Å². The van der Waals surface area contributed by atoms with Gasteiger partial charge < -0.3 is 10.6 Å². The molecule has 3 fully saturated rings. The highest BCUT2D eigenvalue weighted by Crippen LogP contribution is 2.32. The van der Waals surface area contributed by atoms with Crippen LogP contribution in [0.4, 0.5) is 0 Å². The molecule has 1 aliphatic carbocycles. The van der Waals surface area contributed by atoms with Gasteiger partial charge in [-0.1, -0.05) is 30.3 Å². The molecule has 0 spiro atoms. The van der Waals surface area contributed by atoms with Gasteiger partial charge in [-0.2, -0.15) is 0 Å². The topological polar surface area (TPSA) is 35.7 Å². The van der Waals surface area contributed by atoms with E-state index in [1.165, 1.54) is 64.1 Å². The van der Waals surface area contributed by atoms with E-state index in [9.17, 15) is 0 Å². The number of piperazine rings is 1. The van der Waals surface area contributed by atoms with Crippen LogP contribution in [0.1, 0.15) is 24.8 Å². The Bertz CT molecular complexity index is 522. The fourth-order valence-corrected chi connectivity index (χ4v) is 4.54. The fraction of sp³-hybridized carbons (Fsp3) is 0.700. The predicted octanol–water partition coefficient (Wildman–Crippen LogP) is 1.62. The van der Waals surface area contributed by atoms with Gasteiger partial charge in [-0.05, 0) is 30.7 Å². The minimum Gasteiger partial charge on any atom is -0.329 e. The normalized spacial score (nSPS) is 30.0. The number of nitrogens with two attached hydrogens (primary N) is 1. The van der Waals surface area contributed by atoms with Gasteiger partial charge in [0, 0.05) is 64.4 Å². The summed E-state index contributed by atoms with van der Waals surface area (Å²) in [6.45, 7) is 10.4. The van der Waals surface area contributed by atoms with Crippen molar-refractivity contribution in [1.82, 2.24) is 14.7 Å². The first kappa shape index (κ1) is 16.5. The molecule has 4 heteroatoms. The minimum atomic E-state index is 0.209. The number of benzene rings is 1. The number of hydrogen-bond donors (Lipinski definition) is 1. The van der Waals surface area contributed by atoms with E-state index in [-0.39, 0.29) is 5.54 Å². The molecule has 2 heterocycles. The fourth-order valence-electron chi connectivity index (χ4n) is 4.54. The Kier molecular flexibility index (Phi) is 4.90. The quantitative estimate of drug-likeness (QED) is 0.861. The molecule has 0 aromatic heterocycles. The van der Waals surface area contributed by atoms with Crippen LogP contribution in [0.15, 0.2) is 30.3 Å². The van der Waals surface area contributed by atoms with Crippen molar-refractivity contribution in [3.63, 3.8) is 0 Å². The summed E-state index contributed by atoms with van der Waals surface area (Å²) in [7, 11) is 0. The standard InChI is InChI=1S/C20H32N4/c21-16-20(24-12-10-22(11-13-24)14-19-6-7-19)8-9-23(17-20)15-18-4-2-1-3-5-18/h1-5,19H,6-17,21H2. The van der Waals surface area contributed by atoms with E-state index < -0.39 is 0 Å². The van der Waals surface area contributed by atoms with Crippen molar-refractivity contribution in [3.8, 4) is 0 Å². The van der Waals surface area contributed by atoms with Crippen molar-refractivity contribution < 1.29 is 0 Å². The molecule has 132 valence electrons. The lowest BCUT2D eigenvalue weighted by Gasteiger charge is -2.45. The molecule has 1 aromatic carbocycles. The van der Waals surface area contributed by atoms with E-state index in [1.54, 1.807) is 0 Å². The average molecular weight is 329 g/mol. The highest BCUT2D eigenvalue weighted by molar-refractivity contribution is 5.15. The Morgan fingerprint density at radius 3 is 2.38 bits per heavy atom. The third-order valence-electron chi connectivity index (χ3n) is 6.30. The summed E-state index contributed by atoms with van der Waals surface area (Å²) in [5.41, 5.74) is 7.92. The highest BCUT2D eigenvalue weighted by atomic mass is 15.3. The van der Waals surface area contributed by atoms with Crippen molar-refractivity contribution in [1.29, 1.82) is 0 Å². The summed E-state index contributed by atoms with van der Waals surface area (Å²) in [5.74, 6) is 1.01. The van der Waals surface area contributed by atoms with Gasteiger partial charge in [0.15, 0.2) is 0 Å². The van der Waals surface area contributed by atoms with E-state index in [2.05, 4.69) is 45.0 Å². The molecule has 1 saturated carbocycles. The van der Waals surface area contributed by atoms with E-state index in [0.717, 1.165) is 25.6 Å². The van der Waals surface area contributed by atoms with Gasteiger partial charge in [0.2, 0.25) is 0 Å². The Morgan fingerprint density at radius 1 is 0.958 bits per heavy atom. The molecule has 4 rings (SSSR count). The molecule has 2 aliphatic heterocycles. The summed E-state index contributed by atoms with van der Waals surface area (Å²) < 4.78 is 0. The van der Waals surface area contributed by atoms with Gasteiger partial charge in [0.1, 0.15) is 0 Å². The molecule has 3 aliphatic rings. The number of nitrogens with zero attached hydrogens (tertiary/aromatic N) is 3. The molecule has 1 atom stereocenters. The molecule has 1 unspecified atom stereocenters. The first-order valence-corrected chi connectivity index (χ1v) is 9.71. The molecular formula is C20H32N4. The monoisotopic (exact) mass is 328 g/mol. The SMILES string of the molecule is NCC1(N2CCN(CC3CC3)CC2)CCN(Cc2ccccc2)C1. The molecule has 1 aromatic rings. The second-order valence-corrected chi connectivity index (χ2v) is 8.11. The van der Waals surface area contributed by atoms with E-state index in [0.29, 0.717) is 0 Å². The number of likely N-dealkylation sites (tertiary alicyclic amines) is 1. The zero-order valence-electron chi connectivity index (χ0n) is 14.9. The van der Waals surface area contributed by atoms with Gasteiger partial charge in [-0.15, -0.1) is 0 Å². The first-order valence-electron chi connectivity index (χ1n) is 9.71. The van der Waals surface area contributed by atoms with Crippen LogP contribution in [-0.4, -0.2) is 72.6 Å². The molecule has 2 N–H and O–H groups in total. The van der Waals surface area contributed by atoms with Crippen molar-refractivity contribution in [2.45, 2.75) is 31.3 Å². The third kappa shape index (κ3) is 3.67. The molecule has 2 saturated heterocycles. The van der Waals surface area contributed by atoms with Crippen molar-refractivity contribution in [2.24, 2.45) is 11.7 Å². The maximum atomic E-state index is 6.30. The summed E-state index contributed by atoms with van der Waals surface area (Å²) in [5, 5.41) is 0. The Balaban J connectivity index is 1.33. The average Bonchev–Trinajstić information content (AvgIpc) is 3.34. The van der Waals surface area contributed by atoms with Crippen molar-refractivity contribution >= 4 is 0 Å². The van der Waals surface area contributed by atoms with E-state index >= 15 is 0 Å². The van der Waals surface area contributed by atoms with Gasteiger partial charge in [-0.25, -0.2) is 0 Å². The zero-order valence-corrected chi connectivity index (χ0v) is 14.9. The Morgan fingerprint density at radius 2 is 1.71 bits per heavy atom. The minimum absolute atomic E-state index is 0.209. The third-order valence-corrected chi connectivity index (χ3v) is 6.30. The van der Waals surface area contributed by atoms with Crippen LogP contribution in [0.25, 0.3) is 0 Å². The van der Waals surface area contributed by atoms with E-state index in [1.807, 2.05) is 0 Å².